The van der Waals surface area contributed by atoms with Gasteiger partial charge in [0.05, 0.1) is 6.33 Å². The average Bonchev–Trinajstić information content (AvgIpc) is 3.28. The van der Waals surface area contributed by atoms with Gasteiger partial charge in [-0.05, 0) is 25.3 Å². The van der Waals surface area contributed by atoms with Gasteiger partial charge in [-0.25, -0.2) is 4.98 Å². The lowest BCUT2D eigenvalue weighted by Crippen LogP contribution is -2.43. The minimum atomic E-state index is 0.142. The third-order valence-corrected chi connectivity index (χ3v) is 5.49. The monoisotopic (exact) mass is 338 g/mol. The molecule has 2 heterocycles. The molecule has 0 bridgehead atoms. The molecule has 0 radical (unpaired) electrons. The molecule has 3 atom stereocenters. The molecule has 4 rings (SSSR count). The number of rotatable bonds is 4. The number of hydrogen-bond donors (Lipinski definition) is 1. The quantitative estimate of drug-likeness (QED) is 0.932. The van der Waals surface area contributed by atoms with Crippen LogP contribution in [0, 0.1) is 5.92 Å². The first-order valence-corrected chi connectivity index (χ1v) is 9.27. The summed E-state index contributed by atoms with van der Waals surface area (Å²) in [6.45, 7) is 6.03. The number of benzene rings is 1. The number of H-pyrrole nitrogens is 1. The van der Waals surface area contributed by atoms with Crippen LogP contribution in [0.2, 0.25) is 0 Å². The van der Waals surface area contributed by atoms with E-state index in [1.54, 1.807) is 6.33 Å². The number of nitrogens with one attached hydrogen (secondary N) is 1. The van der Waals surface area contributed by atoms with E-state index in [1.165, 1.54) is 5.56 Å². The highest BCUT2D eigenvalue weighted by Crippen LogP contribution is 2.47. The Morgan fingerprint density at radius 1 is 1.28 bits per heavy atom. The maximum Gasteiger partial charge on any atom is 0.226 e. The minimum Gasteiger partial charge on any atom is -0.348 e. The van der Waals surface area contributed by atoms with Crippen LogP contribution in [0.3, 0.4) is 0 Å². The molecule has 5 heteroatoms. The molecule has 2 aromatic rings. The van der Waals surface area contributed by atoms with Crippen LogP contribution in [0.15, 0.2) is 42.9 Å². The molecule has 132 valence electrons. The highest BCUT2D eigenvalue weighted by Gasteiger charge is 2.47. The topological polar surface area (TPSA) is 52.2 Å². The van der Waals surface area contributed by atoms with Crippen molar-refractivity contribution in [2.24, 2.45) is 5.92 Å². The number of carbonyl (C=O) groups excluding carboxylic acids is 1. The van der Waals surface area contributed by atoms with Gasteiger partial charge in [0.15, 0.2) is 0 Å². The van der Waals surface area contributed by atoms with E-state index >= 15 is 0 Å². The lowest BCUT2D eigenvalue weighted by molar-refractivity contribution is -0.134. The van der Waals surface area contributed by atoms with E-state index in [0.29, 0.717) is 11.8 Å². The summed E-state index contributed by atoms with van der Waals surface area (Å²) in [5.74, 6) is 0.808. The van der Waals surface area contributed by atoms with E-state index in [0.717, 1.165) is 44.7 Å². The van der Waals surface area contributed by atoms with Crippen LogP contribution in [0.4, 0.5) is 0 Å². The third-order valence-electron chi connectivity index (χ3n) is 5.49. The zero-order chi connectivity index (χ0) is 17.2. The second-order valence-electron chi connectivity index (χ2n) is 7.41. The fourth-order valence-corrected chi connectivity index (χ4v) is 4.06. The van der Waals surface area contributed by atoms with E-state index in [-0.39, 0.29) is 12.0 Å². The molecule has 2 fully saturated rings. The molecule has 5 nitrogen and oxygen atoms in total. The van der Waals surface area contributed by atoms with Gasteiger partial charge in [-0.1, -0.05) is 30.3 Å². The standard InChI is InChI=1S/C20H26N4O/c1-15-12-23(13-16-6-3-2-4-7-16)8-5-9-24(15)20(25)18-10-17(18)19-11-21-14-22-19/h2-4,6-7,11,14-15,17-18H,5,8-10,12-13H2,1H3,(H,21,22)/t15?,17-,18-/m1/s1. The van der Waals surface area contributed by atoms with Crippen molar-refractivity contribution in [3.63, 3.8) is 0 Å². The van der Waals surface area contributed by atoms with Gasteiger partial charge in [0.25, 0.3) is 0 Å². The van der Waals surface area contributed by atoms with Crippen molar-refractivity contribution in [3.05, 3.63) is 54.1 Å². The summed E-state index contributed by atoms with van der Waals surface area (Å²) >= 11 is 0. The van der Waals surface area contributed by atoms with Crippen LogP contribution in [0.1, 0.15) is 36.9 Å². The average molecular weight is 338 g/mol. The van der Waals surface area contributed by atoms with Gasteiger partial charge in [0, 0.05) is 55.9 Å². The van der Waals surface area contributed by atoms with Crippen molar-refractivity contribution in [2.45, 2.75) is 38.3 Å². The Kier molecular flexibility index (Phi) is 4.57. The van der Waals surface area contributed by atoms with Crippen molar-refractivity contribution in [2.75, 3.05) is 19.6 Å². The maximum absolute atomic E-state index is 13.0. The van der Waals surface area contributed by atoms with Crippen molar-refractivity contribution >= 4 is 5.91 Å². The number of aromatic nitrogens is 2. The molecular formula is C20H26N4O. The van der Waals surface area contributed by atoms with Gasteiger partial charge >= 0.3 is 0 Å². The van der Waals surface area contributed by atoms with Crippen LogP contribution < -0.4 is 0 Å². The summed E-state index contributed by atoms with van der Waals surface area (Å²) < 4.78 is 0. The Morgan fingerprint density at radius 3 is 2.88 bits per heavy atom. The van der Waals surface area contributed by atoms with E-state index in [4.69, 9.17) is 0 Å². The zero-order valence-corrected chi connectivity index (χ0v) is 14.8. The fraction of sp³-hybridized carbons (Fsp3) is 0.500. The van der Waals surface area contributed by atoms with E-state index in [9.17, 15) is 4.79 Å². The lowest BCUT2D eigenvalue weighted by Gasteiger charge is -2.29. The van der Waals surface area contributed by atoms with Crippen LogP contribution in [-0.2, 0) is 11.3 Å². The number of hydrogen-bond acceptors (Lipinski definition) is 3. The number of aromatic amines is 1. The van der Waals surface area contributed by atoms with Crippen molar-refractivity contribution in [3.8, 4) is 0 Å². The molecule has 0 spiro atoms. The van der Waals surface area contributed by atoms with Gasteiger partial charge in [-0.2, -0.15) is 0 Å². The number of imidazole rings is 1. The Bertz CT molecular complexity index is 700. The smallest absolute Gasteiger partial charge is 0.226 e. The number of carbonyl (C=O) groups is 1. The van der Waals surface area contributed by atoms with Crippen LogP contribution in [0.25, 0.3) is 0 Å². The normalized spacial score (nSPS) is 27.1. The SMILES string of the molecule is CC1CN(Cc2ccccc2)CCCN1C(=O)[C@@H]1C[C@H]1c1cnc[nH]1. The van der Waals surface area contributed by atoms with Gasteiger partial charge in [0.2, 0.25) is 5.91 Å². The summed E-state index contributed by atoms with van der Waals surface area (Å²) in [4.78, 5) is 24.8. The Morgan fingerprint density at radius 2 is 2.12 bits per heavy atom. The summed E-state index contributed by atoms with van der Waals surface area (Å²) in [5.41, 5.74) is 2.45. The highest BCUT2D eigenvalue weighted by atomic mass is 16.2. The molecule has 1 amide bonds. The molecular weight excluding hydrogens is 312 g/mol. The molecule has 25 heavy (non-hydrogen) atoms. The molecule has 1 N–H and O–H groups in total. The van der Waals surface area contributed by atoms with Crippen molar-refractivity contribution in [1.29, 1.82) is 0 Å². The highest BCUT2D eigenvalue weighted by molar-refractivity contribution is 5.83. The second kappa shape index (κ2) is 7.00. The molecule has 1 aromatic carbocycles. The summed E-state index contributed by atoms with van der Waals surface area (Å²) in [7, 11) is 0. The summed E-state index contributed by atoms with van der Waals surface area (Å²) in [6, 6.07) is 10.9. The van der Waals surface area contributed by atoms with E-state index in [1.807, 2.05) is 6.20 Å². The molecule has 1 unspecified atom stereocenters. The van der Waals surface area contributed by atoms with Gasteiger partial charge in [-0.3, -0.25) is 9.69 Å². The second-order valence-corrected chi connectivity index (χ2v) is 7.41. The van der Waals surface area contributed by atoms with Crippen LogP contribution in [0.5, 0.6) is 0 Å². The molecule has 1 saturated heterocycles. The third kappa shape index (κ3) is 3.61. The summed E-state index contributed by atoms with van der Waals surface area (Å²) in [6.07, 6.45) is 5.55. The molecule has 1 aliphatic carbocycles. The Labute approximate surface area is 149 Å². The Hall–Kier alpha value is -2.14. The molecule has 1 aliphatic heterocycles. The van der Waals surface area contributed by atoms with Crippen molar-refractivity contribution < 1.29 is 4.79 Å². The van der Waals surface area contributed by atoms with Crippen LogP contribution in [-0.4, -0.2) is 51.4 Å². The zero-order valence-electron chi connectivity index (χ0n) is 14.8. The maximum atomic E-state index is 13.0. The minimum absolute atomic E-state index is 0.142. The molecule has 2 aliphatic rings. The predicted molar refractivity (Wildman–Crippen MR) is 96.9 cm³/mol. The van der Waals surface area contributed by atoms with E-state index in [2.05, 4.69) is 57.0 Å². The van der Waals surface area contributed by atoms with Gasteiger partial charge in [0.1, 0.15) is 0 Å². The fourth-order valence-electron chi connectivity index (χ4n) is 4.06. The van der Waals surface area contributed by atoms with E-state index < -0.39 is 0 Å². The van der Waals surface area contributed by atoms with Gasteiger partial charge in [-0.15, -0.1) is 0 Å². The first-order valence-electron chi connectivity index (χ1n) is 9.27. The first kappa shape index (κ1) is 16.3. The van der Waals surface area contributed by atoms with Crippen molar-refractivity contribution in [1.82, 2.24) is 19.8 Å². The number of nitrogens with zero attached hydrogens (tertiary/aromatic N) is 3. The van der Waals surface area contributed by atoms with Crippen LogP contribution >= 0.6 is 0 Å². The Balaban J connectivity index is 1.37. The lowest BCUT2D eigenvalue weighted by atomic mass is 10.2. The molecule has 1 aromatic heterocycles. The van der Waals surface area contributed by atoms with Gasteiger partial charge < -0.3 is 9.88 Å². The predicted octanol–water partition coefficient (Wildman–Crippen LogP) is 2.64. The summed E-state index contributed by atoms with van der Waals surface area (Å²) in [5, 5.41) is 0. The first-order chi connectivity index (χ1) is 12.2. The molecule has 1 saturated carbocycles. The largest absolute Gasteiger partial charge is 0.348 e. The number of amides is 1.